The maximum Gasteiger partial charge on any atom is 0.295 e. The second-order valence-corrected chi connectivity index (χ2v) is 8.70. The highest BCUT2D eigenvalue weighted by atomic mass is 16.5. The molecule has 4 rings (SSSR count). The average molecular weight is 472 g/mol. The van der Waals surface area contributed by atoms with Crippen LogP contribution in [-0.4, -0.2) is 42.0 Å². The van der Waals surface area contributed by atoms with Crippen LogP contribution in [0.5, 0.6) is 5.75 Å². The summed E-state index contributed by atoms with van der Waals surface area (Å²) in [4.78, 5) is 27.5. The minimum Gasteiger partial charge on any atom is -0.507 e. The van der Waals surface area contributed by atoms with E-state index in [-0.39, 0.29) is 24.5 Å². The Hall–Kier alpha value is -3.90. The molecule has 1 unspecified atom stereocenters. The van der Waals surface area contributed by atoms with Crippen molar-refractivity contribution in [3.63, 3.8) is 0 Å². The number of Topliss-reactive ketones (excluding diaryl/α,β-unsaturated/α-hetero) is 1. The molecule has 3 aromatic rings. The van der Waals surface area contributed by atoms with E-state index in [1.54, 1.807) is 12.1 Å². The number of carbonyl (C=O) groups is 2. The molecule has 1 aliphatic heterocycles. The first kappa shape index (κ1) is 24.2. The fourth-order valence-electron chi connectivity index (χ4n) is 4.14. The molecule has 1 saturated heterocycles. The van der Waals surface area contributed by atoms with Crippen molar-refractivity contribution in [3.05, 3.63) is 106 Å². The lowest BCUT2D eigenvalue weighted by Gasteiger charge is -2.25. The SMILES string of the molecule is COCCN1C(=O)C(=O)/C(=C(\O)c2ccc(C)cc2)C1c1cccc(OCc2ccc(C)cc2)c1. The number of aliphatic hydroxyl groups is 1. The van der Waals surface area contributed by atoms with Crippen LogP contribution in [0.15, 0.2) is 78.4 Å². The standard InChI is InChI=1S/C29H29NO5/c1-19-7-11-21(12-8-19)18-35-24-6-4-5-23(17-24)26-25(27(31)22-13-9-20(2)10-14-22)28(32)29(33)30(26)15-16-34-3/h4-14,17,26,31H,15-16,18H2,1-3H3/b27-25-. The van der Waals surface area contributed by atoms with Crippen LogP contribution >= 0.6 is 0 Å². The first-order valence-corrected chi connectivity index (χ1v) is 11.5. The van der Waals surface area contributed by atoms with E-state index in [4.69, 9.17) is 9.47 Å². The number of rotatable bonds is 8. The van der Waals surface area contributed by atoms with Gasteiger partial charge in [0.15, 0.2) is 0 Å². The van der Waals surface area contributed by atoms with Gasteiger partial charge in [0.25, 0.3) is 11.7 Å². The number of ether oxygens (including phenoxy) is 2. The quantitative estimate of drug-likeness (QED) is 0.286. The van der Waals surface area contributed by atoms with Gasteiger partial charge < -0.3 is 19.5 Å². The van der Waals surface area contributed by atoms with Crippen molar-refractivity contribution in [1.82, 2.24) is 4.90 Å². The number of hydrogen-bond acceptors (Lipinski definition) is 5. The van der Waals surface area contributed by atoms with Crippen molar-refractivity contribution in [2.75, 3.05) is 20.3 Å². The molecule has 0 saturated carbocycles. The number of amides is 1. The van der Waals surface area contributed by atoms with E-state index in [0.29, 0.717) is 23.5 Å². The van der Waals surface area contributed by atoms with Crippen LogP contribution in [0.1, 0.15) is 33.9 Å². The zero-order valence-electron chi connectivity index (χ0n) is 20.2. The molecular formula is C29H29NO5. The molecule has 1 aliphatic rings. The van der Waals surface area contributed by atoms with E-state index in [1.165, 1.54) is 17.6 Å². The molecular weight excluding hydrogens is 442 g/mol. The number of hydrogen-bond donors (Lipinski definition) is 1. The summed E-state index contributed by atoms with van der Waals surface area (Å²) in [6, 6.07) is 21.8. The van der Waals surface area contributed by atoms with Crippen molar-refractivity contribution in [3.8, 4) is 5.75 Å². The normalized spacial score (nSPS) is 17.1. The van der Waals surface area contributed by atoms with E-state index >= 15 is 0 Å². The predicted octanol–water partition coefficient (Wildman–Crippen LogP) is 4.95. The highest BCUT2D eigenvalue weighted by Crippen LogP contribution is 2.40. The van der Waals surface area contributed by atoms with E-state index < -0.39 is 17.7 Å². The molecule has 180 valence electrons. The lowest BCUT2D eigenvalue weighted by Crippen LogP contribution is -2.32. The van der Waals surface area contributed by atoms with Crippen LogP contribution in [0, 0.1) is 13.8 Å². The monoisotopic (exact) mass is 471 g/mol. The molecule has 6 nitrogen and oxygen atoms in total. The second kappa shape index (κ2) is 10.6. The van der Waals surface area contributed by atoms with Gasteiger partial charge in [-0.3, -0.25) is 9.59 Å². The Morgan fingerprint density at radius 1 is 0.943 bits per heavy atom. The zero-order valence-corrected chi connectivity index (χ0v) is 20.2. The van der Waals surface area contributed by atoms with Crippen molar-refractivity contribution in [2.45, 2.75) is 26.5 Å². The third-order valence-corrected chi connectivity index (χ3v) is 6.10. The molecule has 35 heavy (non-hydrogen) atoms. The molecule has 1 fully saturated rings. The van der Waals surface area contributed by atoms with Crippen molar-refractivity contribution in [1.29, 1.82) is 0 Å². The van der Waals surface area contributed by atoms with E-state index in [9.17, 15) is 14.7 Å². The number of aliphatic hydroxyl groups excluding tert-OH is 1. The topological polar surface area (TPSA) is 76.1 Å². The van der Waals surface area contributed by atoms with Gasteiger partial charge in [0.2, 0.25) is 0 Å². The van der Waals surface area contributed by atoms with Crippen molar-refractivity contribution < 1.29 is 24.2 Å². The van der Waals surface area contributed by atoms with Crippen LogP contribution in [0.25, 0.3) is 5.76 Å². The molecule has 6 heteroatoms. The third kappa shape index (κ3) is 5.28. The van der Waals surface area contributed by atoms with E-state index in [0.717, 1.165) is 11.1 Å². The molecule has 1 amide bonds. The van der Waals surface area contributed by atoms with Crippen LogP contribution in [0.2, 0.25) is 0 Å². The molecule has 1 heterocycles. The Labute approximate surface area is 205 Å². The number of methoxy groups -OCH3 is 1. The molecule has 3 aromatic carbocycles. The molecule has 0 spiro atoms. The molecule has 0 bridgehead atoms. The lowest BCUT2D eigenvalue weighted by molar-refractivity contribution is -0.140. The van der Waals surface area contributed by atoms with Crippen molar-refractivity contribution >= 4 is 17.4 Å². The molecule has 1 atom stereocenters. The fraction of sp³-hybridized carbons (Fsp3) is 0.241. The summed E-state index contributed by atoms with van der Waals surface area (Å²) in [6.07, 6.45) is 0. The molecule has 0 aliphatic carbocycles. The predicted molar refractivity (Wildman–Crippen MR) is 134 cm³/mol. The first-order valence-electron chi connectivity index (χ1n) is 11.5. The maximum atomic E-state index is 13.1. The summed E-state index contributed by atoms with van der Waals surface area (Å²) in [5, 5.41) is 11.1. The van der Waals surface area contributed by atoms with Gasteiger partial charge in [-0.15, -0.1) is 0 Å². The van der Waals surface area contributed by atoms with Gasteiger partial charge in [0.1, 0.15) is 18.1 Å². The van der Waals surface area contributed by atoms with E-state index in [1.807, 2.05) is 74.5 Å². The van der Waals surface area contributed by atoms with Gasteiger partial charge >= 0.3 is 0 Å². The summed E-state index contributed by atoms with van der Waals surface area (Å²) in [5.74, 6) is -0.961. The highest BCUT2D eigenvalue weighted by molar-refractivity contribution is 6.46. The van der Waals surface area contributed by atoms with Gasteiger partial charge in [0, 0.05) is 19.2 Å². The minimum atomic E-state index is -0.755. The van der Waals surface area contributed by atoms with Gasteiger partial charge in [-0.1, -0.05) is 71.8 Å². The number of aryl methyl sites for hydroxylation is 2. The van der Waals surface area contributed by atoms with Gasteiger partial charge in [-0.2, -0.15) is 0 Å². The number of nitrogens with zero attached hydrogens (tertiary/aromatic N) is 1. The van der Waals surface area contributed by atoms with Crippen molar-refractivity contribution in [2.24, 2.45) is 0 Å². The Kier molecular flexibility index (Phi) is 7.32. The van der Waals surface area contributed by atoms with Crippen LogP contribution < -0.4 is 4.74 Å². The average Bonchev–Trinajstić information content (AvgIpc) is 3.12. The van der Waals surface area contributed by atoms with Crippen LogP contribution in [-0.2, 0) is 20.9 Å². The Morgan fingerprint density at radius 2 is 1.60 bits per heavy atom. The van der Waals surface area contributed by atoms with Gasteiger partial charge in [-0.25, -0.2) is 0 Å². The summed E-state index contributed by atoms with van der Waals surface area (Å²) < 4.78 is 11.2. The molecule has 1 N–H and O–H groups in total. The number of ketones is 1. The number of benzene rings is 3. The summed E-state index contributed by atoms with van der Waals surface area (Å²) in [6.45, 7) is 4.83. The molecule has 0 radical (unpaired) electrons. The van der Waals surface area contributed by atoms with Gasteiger partial charge in [-0.05, 0) is 37.1 Å². The second-order valence-electron chi connectivity index (χ2n) is 8.70. The number of carbonyl (C=O) groups excluding carboxylic acids is 2. The summed E-state index contributed by atoms with van der Waals surface area (Å²) >= 11 is 0. The zero-order chi connectivity index (χ0) is 24.9. The molecule has 0 aromatic heterocycles. The van der Waals surface area contributed by atoms with Crippen LogP contribution in [0.4, 0.5) is 0 Å². The fourth-order valence-corrected chi connectivity index (χ4v) is 4.14. The van der Waals surface area contributed by atoms with Gasteiger partial charge in [0.05, 0.1) is 18.2 Å². The van der Waals surface area contributed by atoms with E-state index in [2.05, 4.69) is 0 Å². The summed E-state index contributed by atoms with van der Waals surface area (Å²) in [5.41, 5.74) is 4.46. The Balaban J connectivity index is 1.71. The Morgan fingerprint density at radius 3 is 2.26 bits per heavy atom. The largest absolute Gasteiger partial charge is 0.507 e. The van der Waals surface area contributed by atoms with Crippen LogP contribution in [0.3, 0.4) is 0 Å². The lowest BCUT2D eigenvalue weighted by atomic mass is 9.95. The summed E-state index contributed by atoms with van der Waals surface area (Å²) in [7, 11) is 1.54. The Bertz CT molecular complexity index is 1240. The number of likely N-dealkylation sites (tertiary alicyclic amines) is 1. The third-order valence-electron chi connectivity index (χ3n) is 6.10. The maximum absolute atomic E-state index is 13.1. The minimum absolute atomic E-state index is 0.0608. The first-order chi connectivity index (χ1) is 16.9. The smallest absolute Gasteiger partial charge is 0.295 e. The highest BCUT2D eigenvalue weighted by Gasteiger charge is 2.46.